The van der Waals surface area contributed by atoms with Gasteiger partial charge >= 0.3 is 0 Å². The van der Waals surface area contributed by atoms with Gasteiger partial charge in [-0.3, -0.25) is 9.89 Å². The standard InChI is InChI=1S/C19H40N6.HI/c1-6-20-19(21-13-18-15-23(4)11-12-24(18)5)22-17-7-9-25(10-8-17)14-16(2)3;/h16-18H,6-15H2,1-5H3,(H2,20,21,22);1H. The van der Waals surface area contributed by atoms with Gasteiger partial charge in [-0.05, 0) is 39.8 Å². The number of nitrogens with zero attached hydrogens (tertiary/aromatic N) is 4. The Bertz CT molecular complexity index is 409. The van der Waals surface area contributed by atoms with Crippen molar-refractivity contribution < 1.29 is 0 Å². The van der Waals surface area contributed by atoms with Crippen molar-refractivity contribution in [2.24, 2.45) is 10.9 Å². The van der Waals surface area contributed by atoms with Crippen molar-refractivity contribution in [2.75, 3.05) is 66.5 Å². The maximum Gasteiger partial charge on any atom is 0.191 e. The summed E-state index contributed by atoms with van der Waals surface area (Å²) >= 11 is 0. The van der Waals surface area contributed by atoms with Crippen molar-refractivity contribution in [3.8, 4) is 0 Å². The van der Waals surface area contributed by atoms with Crippen LogP contribution in [0.2, 0.25) is 0 Å². The zero-order chi connectivity index (χ0) is 18.2. The molecule has 0 radical (unpaired) electrons. The number of rotatable bonds is 6. The third-order valence-corrected chi connectivity index (χ3v) is 5.34. The highest BCUT2D eigenvalue weighted by Crippen LogP contribution is 2.12. The molecule has 2 saturated heterocycles. The molecule has 0 aliphatic carbocycles. The molecule has 154 valence electrons. The molecule has 0 saturated carbocycles. The first-order chi connectivity index (χ1) is 12.0. The molecule has 2 aliphatic rings. The van der Waals surface area contributed by atoms with Gasteiger partial charge in [0.1, 0.15) is 0 Å². The van der Waals surface area contributed by atoms with Gasteiger partial charge in [0.2, 0.25) is 0 Å². The lowest BCUT2D eigenvalue weighted by Gasteiger charge is -2.37. The number of likely N-dealkylation sites (N-methyl/N-ethyl adjacent to an activating group) is 2. The van der Waals surface area contributed by atoms with E-state index in [1.807, 2.05) is 0 Å². The average Bonchev–Trinajstić information content (AvgIpc) is 2.57. The molecule has 26 heavy (non-hydrogen) atoms. The van der Waals surface area contributed by atoms with Crippen LogP contribution in [0.5, 0.6) is 0 Å². The number of piperidine rings is 1. The van der Waals surface area contributed by atoms with Gasteiger partial charge in [0, 0.05) is 57.9 Å². The summed E-state index contributed by atoms with van der Waals surface area (Å²) in [4.78, 5) is 12.3. The molecule has 0 amide bonds. The number of hydrogen-bond donors (Lipinski definition) is 2. The van der Waals surface area contributed by atoms with E-state index in [9.17, 15) is 0 Å². The van der Waals surface area contributed by atoms with Crippen LogP contribution in [0.1, 0.15) is 33.6 Å². The zero-order valence-corrected chi connectivity index (χ0v) is 19.8. The van der Waals surface area contributed by atoms with Gasteiger partial charge in [-0.2, -0.15) is 0 Å². The van der Waals surface area contributed by atoms with Crippen molar-refractivity contribution in [1.29, 1.82) is 0 Å². The summed E-state index contributed by atoms with van der Waals surface area (Å²) in [5.41, 5.74) is 0. The molecular formula is C19H41IN6. The molecule has 0 bridgehead atoms. The van der Waals surface area contributed by atoms with Crippen LogP contribution in [0.4, 0.5) is 0 Å². The molecular weight excluding hydrogens is 439 g/mol. The quantitative estimate of drug-likeness (QED) is 0.343. The van der Waals surface area contributed by atoms with E-state index in [0.717, 1.165) is 44.6 Å². The summed E-state index contributed by atoms with van der Waals surface area (Å²) in [6.07, 6.45) is 2.42. The number of guanidine groups is 1. The molecule has 2 heterocycles. The molecule has 0 spiro atoms. The van der Waals surface area contributed by atoms with Crippen molar-refractivity contribution in [1.82, 2.24) is 25.3 Å². The van der Waals surface area contributed by atoms with E-state index < -0.39 is 0 Å². The summed E-state index contributed by atoms with van der Waals surface area (Å²) in [5, 5.41) is 7.11. The highest BCUT2D eigenvalue weighted by atomic mass is 127. The average molecular weight is 480 g/mol. The van der Waals surface area contributed by atoms with Crippen LogP contribution in [0, 0.1) is 5.92 Å². The number of nitrogens with one attached hydrogen (secondary N) is 2. The Hall–Kier alpha value is -0.120. The third kappa shape index (κ3) is 8.27. The lowest BCUT2D eigenvalue weighted by atomic mass is 10.0. The van der Waals surface area contributed by atoms with Crippen LogP contribution in [0.3, 0.4) is 0 Å². The number of likely N-dealkylation sites (tertiary alicyclic amines) is 1. The Kier molecular flexibility index (Phi) is 11.4. The Morgan fingerprint density at radius 2 is 1.81 bits per heavy atom. The fourth-order valence-electron chi connectivity index (χ4n) is 3.78. The Balaban J connectivity index is 0.00000338. The number of aliphatic imine (C=N–C) groups is 1. The maximum atomic E-state index is 4.90. The molecule has 0 aromatic carbocycles. The Morgan fingerprint density at radius 3 is 2.42 bits per heavy atom. The van der Waals surface area contributed by atoms with Gasteiger partial charge in [-0.1, -0.05) is 13.8 Å². The first-order valence-electron chi connectivity index (χ1n) is 10.1. The van der Waals surface area contributed by atoms with Crippen LogP contribution in [-0.4, -0.2) is 99.2 Å². The second-order valence-corrected chi connectivity index (χ2v) is 8.23. The molecule has 6 nitrogen and oxygen atoms in total. The predicted molar refractivity (Wildman–Crippen MR) is 123 cm³/mol. The summed E-state index contributed by atoms with van der Waals surface area (Å²) < 4.78 is 0. The molecule has 7 heteroatoms. The first-order valence-corrected chi connectivity index (χ1v) is 10.1. The largest absolute Gasteiger partial charge is 0.357 e. The summed E-state index contributed by atoms with van der Waals surface area (Å²) in [6.45, 7) is 15.6. The highest BCUT2D eigenvalue weighted by Gasteiger charge is 2.23. The monoisotopic (exact) mass is 480 g/mol. The van der Waals surface area contributed by atoms with E-state index in [1.54, 1.807) is 0 Å². The van der Waals surface area contributed by atoms with E-state index in [2.05, 4.69) is 60.2 Å². The van der Waals surface area contributed by atoms with Gasteiger partial charge in [0.15, 0.2) is 5.96 Å². The van der Waals surface area contributed by atoms with E-state index in [-0.39, 0.29) is 24.0 Å². The Labute approximate surface area is 178 Å². The van der Waals surface area contributed by atoms with Crippen LogP contribution in [0.15, 0.2) is 4.99 Å². The normalized spacial score (nSPS) is 24.5. The van der Waals surface area contributed by atoms with E-state index in [4.69, 9.17) is 4.99 Å². The Morgan fingerprint density at radius 1 is 1.12 bits per heavy atom. The molecule has 1 atom stereocenters. The first kappa shape index (κ1) is 23.9. The molecule has 2 rings (SSSR count). The third-order valence-electron chi connectivity index (χ3n) is 5.34. The highest BCUT2D eigenvalue weighted by molar-refractivity contribution is 14.0. The number of piperazine rings is 1. The van der Waals surface area contributed by atoms with Crippen molar-refractivity contribution in [2.45, 2.75) is 45.7 Å². The van der Waals surface area contributed by atoms with E-state index in [1.165, 1.54) is 32.5 Å². The van der Waals surface area contributed by atoms with E-state index in [0.29, 0.717) is 12.1 Å². The van der Waals surface area contributed by atoms with Crippen LogP contribution < -0.4 is 10.6 Å². The van der Waals surface area contributed by atoms with Crippen LogP contribution in [-0.2, 0) is 0 Å². The number of halogens is 1. The molecule has 2 fully saturated rings. The van der Waals surface area contributed by atoms with Gasteiger partial charge in [-0.15, -0.1) is 24.0 Å². The summed E-state index contributed by atoms with van der Waals surface area (Å²) in [6, 6.07) is 1.06. The van der Waals surface area contributed by atoms with Crippen LogP contribution >= 0.6 is 24.0 Å². The second-order valence-electron chi connectivity index (χ2n) is 8.23. The van der Waals surface area contributed by atoms with Crippen molar-refractivity contribution in [3.63, 3.8) is 0 Å². The minimum Gasteiger partial charge on any atom is -0.357 e. The fourth-order valence-corrected chi connectivity index (χ4v) is 3.78. The molecule has 2 aliphatic heterocycles. The smallest absolute Gasteiger partial charge is 0.191 e. The van der Waals surface area contributed by atoms with Crippen molar-refractivity contribution in [3.05, 3.63) is 0 Å². The molecule has 1 unspecified atom stereocenters. The SMILES string of the molecule is CCNC(=NCC1CN(C)CCN1C)NC1CCN(CC(C)C)CC1.I. The molecule has 0 aromatic heterocycles. The summed E-state index contributed by atoms with van der Waals surface area (Å²) in [5.74, 6) is 1.75. The maximum absolute atomic E-state index is 4.90. The lowest BCUT2D eigenvalue weighted by Crippen LogP contribution is -2.52. The van der Waals surface area contributed by atoms with E-state index >= 15 is 0 Å². The van der Waals surface area contributed by atoms with Gasteiger partial charge in [0.05, 0.1) is 6.54 Å². The van der Waals surface area contributed by atoms with Gasteiger partial charge in [0.25, 0.3) is 0 Å². The zero-order valence-electron chi connectivity index (χ0n) is 17.5. The minimum atomic E-state index is 0. The molecule has 2 N–H and O–H groups in total. The number of hydrogen-bond acceptors (Lipinski definition) is 4. The summed E-state index contributed by atoms with van der Waals surface area (Å²) in [7, 11) is 4.43. The van der Waals surface area contributed by atoms with Gasteiger partial charge in [-0.25, -0.2) is 0 Å². The van der Waals surface area contributed by atoms with Crippen LogP contribution in [0.25, 0.3) is 0 Å². The topological polar surface area (TPSA) is 46.1 Å². The molecule has 0 aromatic rings. The predicted octanol–water partition coefficient (Wildman–Crippen LogP) is 1.53. The fraction of sp³-hybridized carbons (Fsp3) is 0.947. The second kappa shape index (κ2) is 12.4. The van der Waals surface area contributed by atoms with Gasteiger partial charge < -0.3 is 20.4 Å². The van der Waals surface area contributed by atoms with Crippen molar-refractivity contribution >= 4 is 29.9 Å². The minimum absolute atomic E-state index is 0. The lowest BCUT2D eigenvalue weighted by molar-refractivity contribution is 0.119.